The minimum absolute atomic E-state index is 0.0353. The summed E-state index contributed by atoms with van der Waals surface area (Å²) in [6.45, 7) is 2.13. The molecule has 11 nitrogen and oxygen atoms in total. The van der Waals surface area contributed by atoms with Crippen LogP contribution in [0.15, 0.2) is 84.2 Å². The summed E-state index contributed by atoms with van der Waals surface area (Å²) in [6, 6.07) is 19.1. The number of aromatic amines is 1. The normalized spacial score (nSPS) is 23.3. The molecule has 0 spiro atoms. The van der Waals surface area contributed by atoms with Gasteiger partial charge in [-0.05, 0) is 84.8 Å². The number of fused-ring (bicyclic) bond motifs is 2. The van der Waals surface area contributed by atoms with Crippen LogP contribution in [0, 0.1) is 29.6 Å². The van der Waals surface area contributed by atoms with E-state index in [0.717, 1.165) is 77.5 Å². The lowest BCUT2D eigenvalue weighted by Gasteiger charge is -2.30. The quantitative estimate of drug-likeness (QED) is 0.130. The smallest absolute Gasteiger partial charge is 0.433 e. The molecule has 60 heavy (non-hydrogen) atoms. The van der Waals surface area contributed by atoms with Gasteiger partial charge in [0.05, 0.1) is 43.5 Å². The number of benzene rings is 2. The highest BCUT2D eigenvalue weighted by Gasteiger charge is 2.53. The molecule has 4 heterocycles. The van der Waals surface area contributed by atoms with Crippen LogP contribution in [0.2, 0.25) is 0 Å². The molecule has 2 aromatic carbocycles. The summed E-state index contributed by atoms with van der Waals surface area (Å²) in [5, 5.41) is 2.82. The highest BCUT2D eigenvalue weighted by Crippen LogP contribution is 2.54. The lowest BCUT2D eigenvalue weighted by molar-refractivity contribution is -0.151. The van der Waals surface area contributed by atoms with Crippen LogP contribution in [-0.2, 0) is 36.6 Å². The molecule has 2 aliphatic carbocycles. The number of aromatic nitrogens is 3. The van der Waals surface area contributed by atoms with Crippen LogP contribution in [-0.4, -0.2) is 70.2 Å². The summed E-state index contributed by atoms with van der Waals surface area (Å²) in [4.78, 5) is 57.7. The number of rotatable bonds is 13. The number of H-pyrrole nitrogens is 1. The second kappa shape index (κ2) is 17.2. The van der Waals surface area contributed by atoms with Gasteiger partial charge in [0, 0.05) is 62.1 Å². The lowest BCUT2D eigenvalue weighted by Crippen LogP contribution is -2.41. The highest BCUT2D eigenvalue weighted by molar-refractivity contribution is 6.02. The molecule has 1 saturated heterocycles. The summed E-state index contributed by atoms with van der Waals surface area (Å²) in [5.41, 5.74) is 5.97. The van der Waals surface area contributed by atoms with Crippen LogP contribution in [0.25, 0.3) is 28.0 Å². The van der Waals surface area contributed by atoms with Crippen LogP contribution in [0.3, 0.4) is 0 Å². The van der Waals surface area contributed by atoms with Crippen molar-refractivity contribution in [3.63, 3.8) is 0 Å². The zero-order valence-electron chi connectivity index (χ0n) is 33.9. The number of amides is 2. The number of aliphatic imine (C=N–C) groups is 1. The Hall–Kier alpha value is -5.63. The summed E-state index contributed by atoms with van der Waals surface area (Å²) >= 11 is 0. The van der Waals surface area contributed by atoms with Gasteiger partial charge in [0.25, 0.3) is 0 Å². The molecule has 4 aliphatic rings. The van der Waals surface area contributed by atoms with Crippen LogP contribution in [0.4, 0.5) is 13.2 Å². The molecule has 8 rings (SSSR count). The first-order valence-corrected chi connectivity index (χ1v) is 20.6. The fourth-order valence-electron chi connectivity index (χ4n) is 9.89. The van der Waals surface area contributed by atoms with E-state index in [-0.39, 0.29) is 54.1 Å². The Bertz CT molecular complexity index is 2290. The summed E-state index contributed by atoms with van der Waals surface area (Å²) < 4.78 is 50.9. The van der Waals surface area contributed by atoms with Gasteiger partial charge in [-0.2, -0.15) is 13.2 Å². The van der Waals surface area contributed by atoms with E-state index in [4.69, 9.17) is 14.5 Å². The van der Waals surface area contributed by atoms with Gasteiger partial charge in [-0.15, -0.1) is 0 Å². The van der Waals surface area contributed by atoms with Crippen molar-refractivity contribution in [3.05, 3.63) is 102 Å². The third kappa shape index (κ3) is 8.26. The highest BCUT2D eigenvalue weighted by atomic mass is 19.4. The molecule has 2 amide bonds. The van der Waals surface area contributed by atoms with Crippen molar-refractivity contribution >= 4 is 29.1 Å². The second-order valence-corrected chi connectivity index (χ2v) is 16.4. The minimum Gasteiger partial charge on any atom is -0.469 e. The third-order valence-corrected chi connectivity index (χ3v) is 13.1. The van der Waals surface area contributed by atoms with Gasteiger partial charge in [-0.3, -0.25) is 24.4 Å². The molecule has 2 bridgehead atoms. The number of ether oxygens (including phenoxy) is 2. The first-order chi connectivity index (χ1) is 28.9. The molecule has 14 heteroatoms. The van der Waals surface area contributed by atoms with E-state index >= 15 is 0 Å². The van der Waals surface area contributed by atoms with Crippen molar-refractivity contribution in [2.75, 3.05) is 20.8 Å². The van der Waals surface area contributed by atoms with Gasteiger partial charge in [0.1, 0.15) is 11.5 Å². The number of methoxy groups -OCH3 is 2. The predicted octanol–water partition coefficient (Wildman–Crippen LogP) is 8.20. The Balaban J connectivity index is 0.888. The number of nitrogens with one attached hydrogen (secondary N) is 2. The summed E-state index contributed by atoms with van der Waals surface area (Å²) in [5.74, 6) is -0.588. The molecule has 4 aromatic rings. The molecule has 3 unspecified atom stereocenters. The number of hydrogen-bond donors (Lipinski definition) is 2. The molecule has 2 saturated carbocycles. The number of carbonyl (C=O) groups is 3. The van der Waals surface area contributed by atoms with Crippen molar-refractivity contribution < 1.29 is 37.0 Å². The number of halogens is 3. The van der Waals surface area contributed by atoms with Crippen molar-refractivity contribution in [1.82, 2.24) is 25.2 Å². The fourth-order valence-corrected chi connectivity index (χ4v) is 9.89. The number of allylic oxidation sites excluding steroid dienone is 1. The average molecular weight is 823 g/mol. The SMILES string of the molecule is COC(=O)C[C@H](C(=O)N1CCC[C@H]1c1ncc(-c2ccc(-c3ccc(C4=CN=C(C5C6CCC(C6)[C@H]5C(=O)NCc5cccnc5C(F)(F)F)C4)cc3)cc2)[nH]1)[C@@H](C)OC. The van der Waals surface area contributed by atoms with Crippen molar-refractivity contribution in [1.29, 1.82) is 0 Å². The van der Waals surface area contributed by atoms with E-state index in [0.29, 0.717) is 24.7 Å². The van der Waals surface area contributed by atoms with Crippen LogP contribution in [0.5, 0.6) is 0 Å². The Labute approximate surface area is 346 Å². The zero-order valence-corrected chi connectivity index (χ0v) is 33.9. The Morgan fingerprint density at radius 2 is 1.63 bits per heavy atom. The first-order valence-electron chi connectivity index (χ1n) is 20.6. The average Bonchev–Trinajstić information content (AvgIpc) is 4.13. The van der Waals surface area contributed by atoms with E-state index in [9.17, 15) is 27.6 Å². The van der Waals surface area contributed by atoms with E-state index in [2.05, 4.69) is 56.7 Å². The van der Waals surface area contributed by atoms with E-state index in [1.807, 2.05) is 18.3 Å². The van der Waals surface area contributed by atoms with Crippen LogP contribution in [0.1, 0.15) is 80.6 Å². The summed E-state index contributed by atoms with van der Waals surface area (Å²) in [7, 11) is 2.84. The number of alkyl halides is 3. The van der Waals surface area contributed by atoms with E-state index in [1.165, 1.54) is 26.4 Å². The van der Waals surface area contributed by atoms with Crippen molar-refractivity contribution in [2.24, 2.45) is 34.6 Å². The van der Waals surface area contributed by atoms with E-state index < -0.39 is 29.9 Å². The van der Waals surface area contributed by atoms with Gasteiger partial charge in [-0.25, -0.2) is 4.98 Å². The molecule has 7 atom stereocenters. The number of imidazole rings is 1. The molecule has 2 aromatic heterocycles. The number of esters is 1. The standard InChI is InChI=1S/C46H49F3N6O5/c1-26(59-2)35(22-39(56)60-3)45(58)55-19-5-7-38(55)43-52-25-37(54-43)30-14-12-28(13-15-30)27-8-10-29(11-9-27)34-21-36(51-24-34)40-31-16-17-32(20-31)41(40)44(57)53-23-33-6-4-18-50-42(33)46(47,48)49/h4,6,8-15,18,24-26,31-32,35,38,40-41H,5,7,16-17,19-23H2,1-3H3,(H,52,54)(H,53,57)/t26-,31?,32?,35+,38+,40?,41-/m1/s1. The van der Waals surface area contributed by atoms with Crippen molar-refractivity contribution in [2.45, 2.75) is 76.7 Å². The number of likely N-dealkylation sites (tertiary alicyclic amines) is 1. The lowest BCUT2D eigenvalue weighted by atomic mass is 9.75. The first kappa shape index (κ1) is 41.1. The van der Waals surface area contributed by atoms with E-state index in [1.54, 1.807) is 18.0 Å². The van der Waals surface area contributed by atoms with Gasteiger partial charge >= 0.3 is 12.1 Å². The van der Waals surface area contributed by atoms with Gasteiger partial charge in [0.15, 0.2) is 0 Å². The Morgan fingerprint density at radius 1 is 0.933 bits per heavy atom. The monoisotopic (exact) mass is 822 g/mol. The molecular formula is C46H49F3N6O5. The largest absolute Gasteiger partial charge is 0.469 e. The topological polar surface area (TPSA) is 139 Å². The van der Waals surface area contributed by atoms with Crippen molar-refractivity contribution in [3.8, 4) is 22.4 Å². The number of carbonyl (C=O) groups excluding carboxylic acids is 3. The Morgan fingerprint density at radius 3 is 2.33 bits per heavy atom. The Kier molecular flexibility index (Phi) is 11.8. The molecule has 2 N–H and O–H groups in total. The maximum atomic E-state index is 13.7. The molecule has 0 radical (unpaired) electrons. The number of nitrogens with zero attached hydrogens (tertiary/aromatic N) is 4. The molecule has 2 aliphatic heterocycles. The maximum absolute atomic E-state index is 13.7. The summed E-state index contributed by atoms with van der Waals surface area (Å²) in [6.07, 6.45) is 4.80. The van der Waals surface area contributed by atoms with Gasteiger partial charge < -0.3 is 24.7 Å². The maximum Gasteiger partial charge on any atom is 0.433 e. The fraction of sp³-hybridized carbons (Fsp3) is 0.435. The number of pyridine rings is 1. The second-order valence-electron chi connectivity index (χ2n) is 16.4. The van der Waals surface area contributed by atoms with Gasteiger partial charge in [-0.1, -0.05) is 54.6 Å². The third-order valence-electron chi connectivity index (χ3n) is 13.1. The van der Waals surface area contributed by atoms with Crippen LogP contribution < -0.4 is 5.32 Å². The van der Waals surface area contributed by atoms with Gasteiger partial charge in [0.2, 0.25) is 11.8 Å². The number of hydrogen-bond acceptors (Lipinski definition) is 8. The predicted molar refractivity (Wildman–Crippen MR) is 219 cm³/mol. The molecule has 314 valence electrons. The molecular weight excluding hydrogens is 774 g/mol. The molecule has 3 fully saturated rings. The minimum atomic E-state index is -4.60. The zero-order chi connectivity index (χ0) is 42.1. The van der Waals surface area contributed by atoms with Crippen LogP contribution >= 0.6 is 0 Å².